The molecule has 5 heteroatoms. The van der Waals surface area contributed by atoms with Gasteiger partial charge in [-0.2, -0.15) is 0 Å². The minimum atomic E-state index is 0.0462. The standard InChI is InChI=1S/C14H20BrNO3/c1-19-13-6-4-11(10-12(13)15)5-7-14(18)16-8-2-3-9-17/h4,6,10,17H,2-3,5,7-9H2,1H3,(H,16,18). The summed E-state index contributed by atoms with van der Waals surface area (Å²) in [6.45, 7) is 0.807. The first-order chi connectivity index (χ1) is 9.17. The molecule has 1 amide bonds. The normalized spacial score (nSPS) is 10.3. The van der Waals surface area contributed by atoms with Gasteiger partial charge in [-0.3, -0.25) is 4.79 Å². The van der Waals surface area contributed by atoms with Crippen molar-refractivity contribution in [3.63, 3.8) is 0 Å². The van der Waals surface area contributed by atoms with Gasteiger partial charge in [-0.15, -0.1) is 0 Å². The van der Waals surface area contributed by atoms with Crippen molar-refractivity contribution in [2.45, 2.75) is 25.7 Å². The van der Waals surface area contributed by atoms with Gasteiger partial charge in [-0.1, -0.05) is 6.07 Å². The minimum absolute atomic E-state index is 0.0462. The van der Waals surface area contributed by atoms with Crippen LogP contribution in [-0.4, -0.2) is 31.3 Å². The third-order valence-corrected chi connectivity index (χ3v) is 3.38. The molecule has 0 heterocycles. The maximum Gasteiger partial charge on any atom is 0.220 e. The van der Waals surface area contributed by atoms with Crippen LogP contribution in [0.4, 0.5) is 0 Å². The molecule has 0 aliphatic carbocycles. The molecule has 0 unspecified atom stereocenters. The maximum atomic E-state index is 11.6. The predicted octanol–water partition coefficient (Wildman–Crippen LogP) is 2.28. The second-order valence-corrected chi connectivity index (χ2v) is 5.10. The lowest BCUT2D eigenvalue weighted by atomic mass is 10.1. The van der Waals surface area contributed by atoms with E-state index in [0.29, 0.717) is 19.4 Å². The van der Waals surface area contributed by atoms with Gasteiger partial charge in [-0.25, -0.2) is 0 Å². The zero-order valence-electron chi connectivity index (χ0n) is 11.1. The van der Waals surface area contributed by atoms with Gasteiger partial charge in [0.1, 0.15) is 5.75 Å². The van der Waals surface area contributed by atoms with Gasteiger partial charge in [0, 0.05) is 19.6 Å². The highest BCUT2D eigenvalue weighted by Crippen LogP contribution is 2.25. The van der Waals surface area contributed by atoms with E-state index in [-0.39, 0.29) is 12.5 Å². The lowest BCUT2D eigenvalue weighted by Gasteiger charge is -2.07. The molecule has 0 aliphatic rings. The highest BCUT2D eigenvalue weighted by atomic mass is 79.9. The van der Waals surface area contributed by atoms with Gasteiger partial charge in [-0.05, 0) is 52.9 Å². The summed E-state index contributed by atoms with van der Waals surface area (Å²) in [5.41, 5.74) is 1.10. The Labute approximate surface area is 122 Å². The largest absolute Gasteiger partial charge is 0.496 e. The van der Waals surface area contributed by atoms with E-state index >= 15 is 0 Å². The van der Waals surface area contributed by atoms with Crippen molar-refractivity contribution in [1.82, 2.24) is 5.32 Å². The molecular formula is C14H20BrNO3. The van der Waals surface area contributed by atoms with E-state index in [1.807, 2.05) is 18.2 Å². The van der Waals surface area contributed by atoms with Crippen LogP contribution in [0, 0.1) is 0 Å². The summed E-state index contributed by atoms with van der Waals surface area (Å²) in [5, 5.41) is 11.5. The van der Waals surface area contributed by atoms with Crippen molar-refractivity contribution in [1.29, 1.82) is 0 Å². The number of amides is 1. The number of hydrogen-bond donors (Lipinski definition) is 2. The summed E-state index contributed by atoms with van der Waals surface area (Å²) in [6.07, 6.45) is 2.72. The molecule has 0 radical (unpaired) electrons. The van der Waals surface area contributed by atoms with E-state index in [1.54, 1.807) is 7.11 Å². The Morgan fingerprint density at radius 3 is 2.84 bits per heavy atom. The fraction of sp³-hybridized carbons (Fsp3) is 0.500. The zero-order chi connectivity index (χ0) is 14.1. The molecule has 0 bridgehead atoms. The summed E-state index contributed by atoms with van der Waals surface area (Å²) in [6, 6.07) is 5.82. The molecule has 2 N–H and O–H groups in total. The average Bonchev–Trinajstić information content (AvgIpc) is 2.41. The SMILES string of the molecule is COc1ccc(CCC(=O)NCCCCO)cc1Br. The lowest BCUT2D eigenvalue weighted by Crippen LogP contribution is -2.24. The molecule has 0 aromatic heterocycles. The number of hydrogen-bond acceptors (Lipinski definition) is 3. The second kappa shape index (κ2) is 8.93. The van der Waals surface area contributed by atoms with Gasteiger partial charge in [0.2, 0.25) is 5.91 Å². The second-order valence-electron chi connectivity index (χ2n) is 4.25. The molecule has 1 rings (SSSR count). The van der Waals surface area contributed by atoms with Crippen LogP contribution >= 0.6 is 15.9 Å². The number of nitrogens with one attached hydrogen (secondary N) is 1. The van der Waals surface area contributed by atoms with Crippen molar-refractivity contribution < 1.29 is 14.6 Å². The van der Waals surface area contributed by atoms with Crippen molar-refractivity contribution >= 4 is 21.8 Å². The number of rotatable bonds is 8. The average molecular weight is 330 g/mol. The van der Waals surface area contributed by atoms with Crippen LogP contribution in [0.1, 0.15) is 24.8 Å². The van der Waals surface area contributed by atoms with E-state index in [9.17, 15) is 4.79 Å². The third-order valence-electron chi connectivity index (χ3n) is 2.76. The predicted molar refractivity (Wildman–Crippen MR) is 78.3 cm³/mol. The number of unbranched alkanes of at least 4 members (excludes halogenated alkanes) is 1. The highest BCUT2D eigenvalue weighted by molar-refractivity contribution is 9.10. The topological polar surface area (TPSA) is 58.6 Å². The van der Waals surface area contributed by atoms with E-state index < -0.39 is 0 Å². The van der Waals surface area contributed by atoms with E-state index in [1.165, 1.54) is 0 Å². The summed E-state index contributed by atoms with van der Waals surface area (Å²) < 4.78 is 6.05. The van der Waals surface area contributed by atoms with Crippen molar-refractivity contribution in [2.75, 3.05) is 20.3 Å². The van der Waals surface area contributed by atoms with Crippen molar-refractivity contribution in [2.24, 2.45) is 0 Å². The third kappa shape index (κ3) is 6.07. The lowest BCUT2D eigenvalue weighted by molar-refractivity contribution is -0.121. The molecule has 1 aromatic carbocycles. The maximum absolute atomic E-state index is 11.6. The Kier molecular flexibility index (Phi) is 7.52. The zero-order valence-corrected chi connectivity index (χ0v) is 12.7. The molecular weight excluding hydrogens is 310 g/mol. The molecule has 1 aromatic rings. The molecule has 0 atom stereocenters. The van der Waals surface area contributed by atoms with Crippen LogP contribution in [0.5, 0.6) is 5.75 Å². The van der Waals surface area contributed by atoms with Crippen LogP contribution in [0.3, 0.4) is 0 Å². The summed E-state index contributed by atoms with van der Waals surface area (Å²) in [7, 11) is 1.62. The Bertz CT molecular complexity index is 410. The Morgan fingerprint density at radius 2 is 2.21 bits per heavy atom. The molecule has 0 fully saturated rings. The Hall–Kier alpha value is -1.07. The first kappa shape index (κ1) is 16.0. The van der Waals surface area contributed by atoms with Crippen molar-refractivity contribution in [3.05, 3.63) is 28.2 Å². The first-order valence-electron chi connectivity index (χ1n) is 6.37. The Balaban J connectivity index is 2.32. The van der Waals surface area contributed by atoms with E-state index in [2.05, 4.69) is 21.2 Å². The first-order valence-corrected chi connectivity index (χ1v) is 7.16. The highest BCUT2D eigenvalue weighted by Gasteiger charge is 2.04. The van der Waals surface area contributed by atoms with Gasteiger partial charge in [0.25, 0.3) is 0 Å². The summed E-state index contributed by atoms with van der Waals surface area (Å²) >= 11 is 3.42. The molecule has 0 saturated heterocycles. The fourth-order valence-electron chi connectivity index (χ4n) is 1.68. The number of benzene rings is 1. The van der Waals surface area contributed by atoms with Gasteiger partial charge < -0.3 is 15.2 Å². The van der Waals surface area contributed by atoms with Crippen LogP contribution in [-0.2, 0) is 11.2 Å². The molecule has 19 heavy (non-hydrogen) atoms. The van der Waals surface area contributed by atoms with Crippen LogP contribution in [0.15, 0.2) is 22.7 Å². The van der Waals surface area contributed by atoms with Crippen LogP contribution < -0.4 is 10.1 Å². The van der Waals surface area contributed by atoms with Crippen LogP contribution in [0.25, 0.3) is 0 Å². The quantitative estimate of drug-likeness (QED) is 0.719. The Morgan fingerprint density at radius 1 is 1.42 bits per heavy atom. The monoisotopic (exact) mass is 329 g/mol. The fourth-order valence-corrected chi connectivity index (χ4v) is 2.26. The number of carbonyl (C=O) groups is 1. The number of aliphatic hydroxyl groups is 1. The van der Waals surface area contributed by atoms with E-state index in [0.717, 1.165) is 28.6 Å². The van der Waals surface area contributed by atoms with Crippen molar-refractivity contribution in [3.8, 4) is 5.75 Å². The molecule has 0 saturated carbocycles. The number of aliphatic hydroxyl groups excluding tert-OH is 1. The number of ether oxygens (including phenoxy) is 1. The molecule has 106 valence electrons. The number of methoxy groups -OCH3 is 1. The van der Waals surface area contributed by atoms with Gasteiger partial charge >= 0.3 is 0 Å². The van der Waals surface area contributed by atoms with Gasteiger partial charge in [0.05, 0.1) is 11.6 Å². The molecule has 4 nitrogen and oxygen atoms in total. The summed E-state index contributed by atoms with van der Waals surface area (Å²) in [4.78, 5) is 11.6. The van der Waals surface area contributed by atoms with Crippen LogP contribution in [0.2, 0.25) is 0 Å². The minimum Gasteiger partial charge on any atom is -0.496 e. The van der Waals surface area contributed by atoms with Gasteiger partial charge in [0.15, 0.2) is 0 Å². The number of halogens is 1. The summed E-state index contributed by atoms with van der Waals surface area (Å²) in [5.74, 6) is 0.835. The smallest absolute Gasteiger partial charge is 0.220 e. The number of aryl methyl sites for hydroxylation is 1. The molecule has 0 aliphatic heterocycles. The number of carbonyl (C=O) groups excluding carboxylic acids is 1. The van der Waals surface area contributed by atoms with E-state index in [4.69, 9.17) is 9.84 Å². The molecule has 0 spiro atoms.